The summed E-state index contributed by atoms with van der Waals surface area (Å²) in [6.45, 7) is 6.03. The van der Waals surface area contributed by atoms with E-state index >= 15 is 0 Å². The first kappa shape index (κ1) is 14.2. The van der Waals surface area contributed by atoms with Gasteiger partial charge >= 0.3 is 0 Å². The average molecular weight is 257 g/mol. The molecule has 1 aromatic rings. The van der Waals surface area contributed by atoms with Crippen molar-refractivity contribution in [3.8, 4) is 11.5 Å². The fourth-order valence-corrected chi connectivity index (χ4v) is 2.18. The van der Waals surface area contributed by atoms with E-state index in [0.29, 0.717) is 16.7 Å². The molecule has 1 aromatic carbocycles. The molecule has 0 aromatic heterocycles. The summed E-state index contributed by atoms with van der Waals surface area (Å²) in [5.74, 6) is 2.22. The molecule has 0 saturated heterocycles. The fraction of sp³-hybridized carbons (Fsp3) is 0.571. The lowest BCUT2D eigenvalue weighted by molar-refractivity contribution is 0.390. The van der Waals surface area contributed by atoms with E-state index in [4.69, 9.17) is 21.1 Å². The van der Waals surface area contributed by atoms with Crippen LogP contribution in [-0.2, 0) is 0 Å². The lowest BCUT2D eigenvalue weighted by Crippen LogP contribution is -1.97. The van der Waals surface area contributed by atoms with Gasteiger partial charge in [-0.15, -0.1) is 0 Å². The maximum absolute atomic E-state index is 6.22. The minimum absolute atomic E-state index is 0.628. The molecule has 0 bridgehead atoms. The number of methoxy groups -OCH3 is 2. The smallest absolute Gasteiger partial charge is 0.141 e. The molecule has 1 aliphatic carbocycles. The zero-order valence-corrected chi connectivity index (χ0v) is 12.0. The van der Waals surface area contributed by atoms with Crippen LogP contribution >= 0.6 is 11.6 Å². The quantitative estimate of drug-likeness (QED) is 0.789. The van der Waals surface area contributed by atoms with Gasteiger partial charge < -0.3 is 9.47 Å². The highest BCUT2D eigenvalue weighted by molar-refractivity contribution is 6.33. The van der Waals surface area contributed by atoms with Crippen LogP contribution in [0.25, 0.3) is 0 Å². The van der Waals surface area contributed by atoms with Crippen LogP contribution in [0.15, 0.2) is 6.07 Å². The van der Waals surface area contributed by atoms with Crippen LogP contribution in [0.2, 0.25) is 5.02 Å². The van der Waals surface area contributed by atoms with Gasteiger partial charge in [0.1, 0.15) is 11.5 Å². The number of rotatable bonds is 3. The Labute approximate surface area is 109 Å². The lowest BCUT2D eigenvalue weighted by atomic mass is 10.0. The molecule has 17 heavy (non-hydrogen) atoms. The second-order valence-electron chi connectivity index (χ2n) is 3.91. The summed E-state index contributed by atoms with van der Waals surface area (Å²) >= 11 is 6.22. The van der Waals surface area contributed by atoms with Crippen LogP contribution in [0.1, 0.15) is 43.7 Å². The highest BCUT2D eigenvalue weighted by Gasteiger charge is 2.30. The first-order valence-corrected chi connectivity index (χ1v) is 6.47. The van der Waals surface area contributed by atoms with Crippen molar-refractivity contribution in [1.82, 2.24) is 0 Å². The highest BCUT2D eigenvalue weighted by atomic mass is 35.5. The van der Waals surface area contributed by atoms with Crippen molar-refractivity contribution < 1.29 is 9.47 Å². The first-order valence-electron chi connectivity index (χ1n) is 6.10. The van der Waals surface area contributed by atoms with Crippen LogP contribution in [-0.4, -0.2) is 14.2 Å². The molecule has 2 rings (SSSR count). The molecule has 96 valence electrons. The van der Waals surface area contributed by atoms with Gasteiger partial charge in [0, 0.05) is 11.6 Å². The Kier molecular flexibility index (Phi) is 5.13. The van der Waals surface area contributed by atoms with E-state index in [-0.39, 0.29) is 0 Å². The molecule has 1 aliphatic rings. The molecular formula is C14H21ClO2. The van der Waals surface area contributed by atoms with E-state index in [9.17, 15) is 0 Å². The predicted octanol–water partition coefficient (Wildman–Crippen LogP) is 4.57. The molecule has 0 atom stereocenters. The molecule has 0 radical (unpaired) electrons. The summed E-state index contributed by atoms with van der Waals surface area (Å²) in [5, 5.41) is 0.709. The van der Waals surface area contributed by atoms with Crippen LogP contribution < -0.4 is 9.47 Å². The highest BCUT2D eigenvalue weighted by Crippen LogP contribution is 2.49. The van der Waals surface area contributed by atoms with Crippen LogP contribution in [0.5, 0.6) is 11.5 Å². The van der Waals surface area contributed by atoms with E-state index in [1.54, 1.807) is 14.2 Å². The van der Waals surface area contributed by atoms with Crippen molar-refractivity contribution >= 4 is 11.6 Å². The molecule has 0 N–H and O–H groups in total. The van der Waals surface area contributed by atoms with Crippen molar-refractivity contribution in [2.24, 2.45) is 0 Å². The molecule has 3 heteroatoms. The summed E-state index contributed by atoms with van der Waals surface area (Å²) in [6.07, 6.45) is 2.47. The Morgan fingerprint density at radius 3 is 2.06 bits per heavy atom. The van der Waals surface area contributed by atoms with Crippen molar-refractivity contribution in [2.75, 3.05) is 14.2 Å². The van der Waals surface area contributed by atoms with E-state index in [2.05, 4.69) is 0 Å². The van der Waals surface area contributed by atoms with Gasteiger partial charge in [0.05, 0.1) is 19.2 Å². The summed E-state index contributed by atoms with van der Waals surface area (Å²) in [4.78, 5) is 0. The zero-order valence-electron chi connectivity index (χ0n) is 11.3. The van der Waals surface area contributed by atoms with Gasteiger partial charge in [0.25, 0.3) is 0 Å². The monoisotopic (exact) mass is 256 g/mol. The third-order valence-corrected chi connectivity index (χ3v) is 3.37. The predicted molar refractivity (Wildman–Crippen MR) is 72.6 cm³/mol. The number of hydrogen-bond acceptors (Lipinski definition) is 2. The normalized spacial score (nSPS) is 13.8. The second-order valence-corrected chi connectivity index (χ2v) is 4.29. The van der Waals surface area contributed by atoms with Gasteiger partial charge in [0.2, 0.25) is 0 Å². The topological polar surface area (TPSA) is 18.5 Å². The lowest BCUT2D eigenvalue weighted by Gasteiger charge is -2.15. The SMILES string of the molecule is CC.COc1cc(OC)c(C2CC2)c(C)c1Cl. The van der Waals surface area contributed by atoms with Crippen molar-refractivity contribution in [3.63, 3.8) is 0 Å². The maximum atomic E-state index is 6.22. The van der Waals surface area contributed by atoms with E-state index in [0.717, 1.165) is 11.3 Å². The van der Waals surface area contributed by atoms with Gasteiger partial charge in [-0.2, -0.15) is 0 Å². The summed E-state index contributed by atoms with van der Waals surface area (Å²) in [6, 6.07) is 1.88. The standard InChI is InChI=1S/C12H15ClO2.C2H6/c1-7-11(8-4-5-8)9(14-2)6-10(15-3)12(7)13;1-2/h6,8H,4-5H2,1-3H3;1-2H3. The Morgan fingerprint density at radius 1 is 1.12 bits per heavy atom. The van der Waals surface area contributed by atoms with E-state index in [1.165, 1.54) is 18.4 Å². The number of hydrogen-bond donors (Lipinski definition) is 0. The third-order valence-electron chi connectivity index (χ3n) is 2.90. The Morgan fingerprint density at radius 2 is 1.65 bits per heavy atom. The number of benzene rings is 1. The fourth-order valence-electron chi connectivity index (χ4n) is 1.94. The third kappa shape index (κ3) is 2.86. The summed E-state index contributed by atoms with van der Waals surface area (Å²) < 4.78 is 10.6. The Hall–Kier alpha value is -0.890. The van der Waals surface area contributed by atoms with E-state index in [1.807, 2.05) is 26.8 Å². The zero-order chi connectivity index (χ0) is 13.0. The van der Waals surface area contributed by atoms with Crippen molar-refractivity contribution in [2.45, 2.75) is 39.5 Å². The molecule has 2 nitrogen and oxygen atoms in total. The molecule has 0 amide bonds. The van der Waals surface area contributed by atoms with Crippen LogP contribution in [0, 0.1) is 6.92 Å². The first-order chi connectivity index (χ1) is 8.19. The molecule has 0 spiro atoms. The second kappa shape index (κ2) is 6.15. The molecule has 0 aliphatic heterocycles. The van der Waals surface area contributed by atoms with Gasteiger partial charge in [0.15, 0.2) is 0 Å². The number of ether oxygens (including phenoxy) is 2. The molecular weight excluding hydrogens is 236 g/mol. The largest absolute Gasteiger partial charge is 0.496 e. The average Bonchev–Trinajstić information content (AvgIpc) is 3.19. The molecule has 1 fully saturated rings. The molecule has 1 saturated carbocycles. The van der Waals surface area contributed by atoms with Crippen LogP contribution in [0.4, 0.5) is 0 Å². The van der Waals surface area contributed by atoms with Gasteiger partial charge in [-0.1, -0.05) is 25.4 Å². The van der Waals surface area contributed by atoms with Gasteiger partial charge in [-0.05, 0) is 31.2 Å². The van der Waals surface area contributed by atoms with Gasteiger partial charge in [-0.3, -0.25) is 0 Å². The summed E-state index contributed by atoms with van der Waals surface area (Å²) in [5.41, 5.74) is 2.35. The Balaban J connectivity index is 0.000000686. The van der Waals surface area contributed by atoms with E-state index < -0.39 is 0 Å². The van der Waals surface area contributed by atoms with Gasteiger partial charge in [-0.25, -0.2) is 0 Å². The minimum Gasteiger partial charge on any atom is -0.496 e. The summed E-state index contributed by atoms with van der Waals surface area (Å²) in [7, 11) is 3.31. The Bertz CT molecular complexity index is 384. The minimum atomic E-state index is 0.628. The number of halogens is 1. The molecule has 0 unspecified atom stereocenters. The van der Waals surface area contributed by atoms with Crippen LogP contribution in [0.3, 0.4) is 0 Å². The maximum Gasteiger partial charge on any atom is 0.141 e. The molecule has 0 heterocycles. The van der Waals surface area contributed by atoms with Crippen molar-refractivity contribution in [1.29, 1.82) is 0 Å². The van der Waals surface area contributed by atoms with Crippen molar-refractivity contribution in [3.05, 3.63) is 22.2 Å².